The van der Waals surface area contributed by atoms with E-state index in [9.17, 15) is 4.79 Å². The minimum Gasteiger partial charge on any atom is -0.437 e. The highest BCUT2D eigenvalue weighted by atomic mass is 16.4. The van der Waals surface area contributed by atoms with Crippen LogP contribution in [0.25, 0.3) is 0 Å². The Morgan fingerprint density at radius 3 is 3.12 bits per heavy atom. The van der Waals surface area contributed by atoms with E-state index < -0.39 is 0 Å². The molecule has 4 heteroatoms. The van der Waals surface area contributed by atoms with Crippen LogP contribution in [0, 0.1) is 6.92 Å². The molecular formula is C12H10N2O2. The van der Waals surface area contributed by atoms with Gasteiger partial charge in [0.2, 0.25) is 5.78 Å². The van der Waals surface area contributed by atoms with Crippen LogP contribution in [-0.2, 0) is 12.8 Å². The van der Waals surface area contributed by atoms with Gasteiger partial charge >= 0.3 is 0 Å². The molecule has 0 unspecified atom stereocenters. The minimum absolute atomic E-state index is 0.149. The van der Waals surface area contributed by atoms with Crippen LogP contribution in [0.3, 0.4) is 0 Å². The predicted octanol–water partition coefficient (Wildman–Crippen LogP) is 1.71. The summed E-state index contributed by atoms with van der Waals surface area (Å²) in [5.41, 5.74) is 2.22. The molecule has 3 rings (SSSR count). The quantitative estimate of drug-likeness (QED) is 0.669. The molecule has 4 nitrogen and oxygen atoms in total. The Bertz CT molecular complexity index is 572. The minimum atomic E-state index is -0.149. The van der Waals surface area contributed by atoms with Crippen molar-refractivity contribution < 1.29 is 9.21 Å². The standard InChI is InChI=1S/C12H10N2O2/c1-7-14-9-5-4-8-3-2-6-13-10(8)11(15)12(9)16-7/h2-3,6H,4-5H2,1H3. The van der Waals surface area contributed by atoms with Crippen molar-refractivity contribution in [3.63, 3.8) is 0 Å². The summed E-state index contributed by atoms with van der Waals surface area (Å²) in [6, 6.07) is 3.77. The number of aromatic nitrogens is 2. The second-order valence-electron chi connectivity index (χ2n) is 3.85. The zero-order valence-electron chi connectivity index (χ0n) is 8.86. The smallest absolute Gasteiger partial charge is 0.248 e. The van der Waals surface area contributed by atoms with Crippen LogP contribution < -0.4 is 0 Å². The Labute approximate surface area is 92.3 Å². The first-order valence-electron chi connectivity index (χ1n) is 5.20. The van der Waals surface area contributed by atoms with Gasteiger partial charge in [-0.05, 0) is 24.5 Å². The summed E-state index contributed by atoms with van der Waals surface area (Å²) in [6.45, 7) is 1.75. The summed E-state index contributed by atoms with van der Waals surface area (Å²) in [7, 11) is 0. The molecule has 0 aromatic carbocycles. The van der Waals surface area contributed by atoms with E-state index in [0.29, 0.717) is 17.3 Å². The lowest BCUT2D eigenvalue weighted by Crippen LogP contribution is -2.05. The third-order valence-electron chi connectivity index (χ3n) is 2.75. The third kappa shape index (κ3) is 1.26. The van der Waals surface area contributed by atoms with Crippen LogP contribution in [0.5, 0.6) is 0 Å². The molecule has 1 aliphatic carbocycles. The molecule has 0 saturated carbocycles. The number of rotatable bonds is 0. The molecule has 0 bridgehead atoms. The number of nitrogens with zero attached hydrogens (tertiary/aromatic N) is 2. The summed E-state index contributed by atoms with van der Waals surface area (Å²) < 4.78 is 5.35. The highest BCUT2D eigenvalue weighted by molar-refractivity contribution is 6.07. The fraction of sp³-hybridized carbons (Fsp3) is 0.250. The molecule has 0 amide bonds. The molecule has 0 saturated heterocycles. The van der Waals surface area contributed by atoms with Gasteiger partial charge in [-0.1, -0.05) is 6.07 Å². The molecule has 2 heterocycles. The summed E-state index contributed by atoms with van der Waals surface area (Å²) in [5, 5.41) is 0. The molecular weight excluding hydrogens is 204 g/mol. The number of fused-ring (bicyclic) bond motifs is 2. The third-order valence-corrected chi connectivity index (χ3v) is 2.75. The van der Waals surface area contributed by atoms with Gasteiger partial charge in [0.05, 0.1) is 5.69 Å². The molecule has 0 aliphatic heterocycles. The van der Waals surface area contributed by atoms with Crippen LogP contribution in [-0.4, -0.2) is 15.8 Å². The highest BCUT2D eigenvalue weighted by Crippen LogP contribution is 2.23. The van der Waals surface area contributed by atoms with Crippen molar-refractivity contribution in [2.45, 2.75) is 19.8 Å². The molecule has 0 atom stereocenters. The van der Waals surface area contributed by atoms with Crippen molar-refractivity contribution in [1.29, 1.82) is 0 Å². The second-order valence-corrected chi connectivity index (χ2v) is 3.85. The van der Waals surface area contributed by atoms with Crippen LogP contribution in [0.4, 0.5) is 0 Å². The lowest BCUT2D eigenvalue weighted by atomic mass is 10.1. The molecule has 2 aromatic heterocycles. The molecule has 1 aliphatic rings. The Balaban J connectivity index is 2.21. The largest absolute Gasteiger partial charge is 0.437 e. The van der Waals surface area contributed by atoms with Gasteiger partial charge in [0.25, 0.3) is 0 Å². The number of carbonyl (C=O) groups is 1. The van der Waals surface area contributed by atoms with E-state index >= 15 is 0 Å². The van der Waals surface area contributed by atoms with Crippen molar-refractivity contribution in [3.8, 4) is 0 Å². The van der Waals surface area contributed by atoms with E-state index in [1.165, 1.54) is 0 Å². The van der Waals surface area contributed by atoms with E-state index in [2.05, 4.69) is 9.97 Å². The van der Waals surface area contributed by atoms with Gasteiger partial charge in [-0.15, -0.1) is 0 Å². The molecule has 0 radical (unpaired) electrons. The van der Waals surface area contributed by atoms with Crippen molar-refractivity contribution in [2.75, 3.05) is 0 Å². The molecule has 16 heavy (non-hydrogen) atoms. The monoisotopic (exact) mass is 214 g/mol. The SMILES string of the molecule is Cc1nc2c(o1)C(=O)c1ncccc1CC2. The van der Waals surface area contributed by atoms with E-state index in [4.69, 9.17) is 4.42 Å². The van der Waals surface area contributed by atoms with Crippen molar-refractivity contribution in [1.82, 2.24) is 9.97 Å². The normalized spacial score (nSPS) is 14.2. The Kier molecular flexibility index (Phi) is 1.89. The van der Waals surface area contributed by atoms with Crippen LogP contribution in [0.15, 0.2) is 22.7 Å². The fourth-order valence-corrected chi connectivity index (χ4v) is 2.02. The highest BCUT2D eigenvalue weighted by Gasteiger charge is 2.26. The Hall–Kier alpha value is -1.97. The average Bonchev–Trinajstić information content (AvgIpc) is 2.62. The number of aryl methyl sites for hydroxylation is 3. The zero-order chi connectivity index (χ0) is 11.1. The predicted molar refractivity (Wildman–Crippen MR) is 56.3 cm³/mol. The topological polar surface area (TPSA) is 56.0 Å². The van der Waals surface area contributed by atoms with Crippen LogP contribution >= 0.6 is 0 Å². The number of carbonyl (C=O) groups excluding carboxylic acids is 1. The maximum atomic E-state index is 12.1. The van der Waals surface area contributed by atoms with E-state index in [0.717, 1.165) is 24.1 Å². The van der Waals surface area contributed by atoms with Gasteiger partial charge in [0, 0.05) is 13.1 Å². The number of hydrogen-bond donors (Lipinski definition) is 0. The van der Waals surface area contributed by atoms with Gasteiger partial charge < -0.3 is 4.42 Å². The number of hydrogen-bond acceptors (Lipinski definition) is 4. The summed E-state index contributed by atoms with van der Waals surface area (Å²) >= 11 is 0. The Morgan fingerprint density at radius 1 is 1.38 bits per heavy atom. The van der Waals surface area contributed by atoms with Gasteiger partial charge in [-0.25, -0.2) is 4.98 Å². The summed E-state index contributed by atoms with van der Waals surface area (Å²) in [6.07, 6.45) is 3.15. The maximum absolute atomic E-state index is 12.1. The Morgan fingerprint density at radius 2 is 2.25 bits per heavy atom. The lowest BCUT2D eigenvalue weighted by molar-refractivity contribution is 0.100. The van der Waals surface area contributed by atoms with Crippen molar-refractivity contribution in [3.05, 3.63) is 46.9 Å². The van der Waals surface area contributed by atoms with E-state index in [-0.39, 0.29) is 5.78 Å². The number of ketones is 1. The average molecular weight is 214 g/mol. The first kappa shape index (κ1) is 9.27. The number of pyridine rings is 1. The van der Waals surface area contributed by atoms with Gasteiger partial charge in [-0.2, -0.15) is 0 Å². The molecule has 0 fully saturated rings. The first-order valence-corrected chi connectivity index (χ1v) is 5.20. The van der Waals surface area contributed by atoms with Gasteiger partial charge in [-0.3, -0.25) is 9.78 Å². The molecule has 0 N–H and O–H groups in total. The maximum Gasteiger partial charge on any atom is 0.248 e. The van der Waals surface area contributed by atoms with Crippen LogP contribution in [0.1, 0.15) is 33.4 Å². The second kappa shape index (κ2) is 3.27. The summed E-state index contributed by atoms with van der Waals surface area (Å²) in [4.78, 5) is 20.5. The fourth-order valence-electron chi connectivity index (χ4n) is 2.02. The van der Waals surface area contributed by atoms with E-state index in [1.54, 1.807) is 13.1 Å². The summed E-state index contributed by atoms with van der Waals surface area (Å²) in [5.74, 6) is 0.747. The zero-order valence-corrected chi connectivity index (χ0v) is 8.86. The number of oxazole rings is 1. The van der Waals surface area contributed by atoms with Crippen molar-refractivity contribution in [2.24, 2.45) is 0 Å². The van der Waals surface area contributed by atoms with Gasteiger partial charge in [0.1, 0.15) is 5.69 Å². The van der Waals surface area contributed by atoms with Gasteiger partial charge in [0.15, 0.2) is 11.7 Å². The van der Waals surface area contributed by atoms with Crippen molar-refractivity contribution >= 4 is 5.78 Å². The first-order chi connectivity index (χ1) is 7.75. The van der Waals surface area contributed by atoms with Crippen LogP contribution in [0.2, 0.25) is 0 Å². The van der Waals surface area contributed by atoms with E-state index in [1.807, 2.05) is 12.1 Å². The molecule has 80 valence electrons. The lowest BCUT2D eigenvalue weighted by Gasteiger charge is -2.00. The molecule has 2 aromatic rings. The molecule has 0 spiro atoms.